The highest BCUT2D eigenvalue weighted by Crippen LogP contribution is 2.20. The van der Waals surface area contributed by atoms with Crippen LogP contribution in [0.4, 0.5) is 0 Å². The Kier molecular flexibility index (Phi) is 3.56. The third kappa shape index (κ3) is 2.68. The lowest BCUT2D eigenvalue weighted by atomic mass is 10.2. The molecule has 0 bridgehead atoms. The molecule has 2 saturated heterocycles. The molecular weight excluding hydrogens is 192 g/mol. The summed E-state index contributed by atoms with van der Waals surface area (Å²) in [6, 6.07) is 0.665. The molecule has 1 amide bonds. The van der Waals surface area contributed by atoms with Crippen molar-refractivity contribution < 1.29 is 4.79 Å². The summed E-state index contributed by atoms with van der Waals surface area (Å²) in [4.78, 5) is 16.0. The summed E-state index contributed by atoms with van der Waals surface area (Å²) in [7, 11) is 0. The molecule has 1 atom stereocenters. The van der Waals surface area contributed by atoms with Gasteiger partial charge < -0.3 is 0 Å². The van der Waals surface area contributed by atoms with E-state index in [4.69, 9.17) is 5.84 Å². The Morgan fingerprint density at radius 3 is 2.93 bits per heavy atom. The summed E-state index contributed by atoms with van der Waals surface area (Å²) in [6.45, 7) is 4.90. The summed E-state index contributed by atoms with van der Waals surface area (Å²) < 4.78 is 0. The lowest BCUT2D eigenvalue weighted by Crippen LogP contribution is -2.43. The molecule has 0 aromatic carbocycles. The van der Waals surface area contributed by atoms with Crippen molar-refractivity contribution in [3.8, 4) is 0 Å². The Labute approximate surface area is 90.6 Å². The minimum absolute atomic E-state index is 0.0820. The van der Waals surface area contributed by atoms with Crippen LogP contribution in [0.2, 0.25) is 0 Å². The second-order valence-electron chi connectivity index (χ2n) is 4.49. The van der Waals surface area contributed by atoms with Gasteiger partial charge in [-0.25, -0.2) is 5.84 Å². The van der Waals surface area contributed by atoms with Gasteiger partial charge >= 0.3 is 0 Å². The van der Waals surface area contributed by atoms with Gasteiger partial charge in [-0.05, 0) is 38.9 Å². The molecule has 15 heavy (non-hydrogen) atoms. The zero-order valence-electron chi connectivity index (χ0n) is 9.11. The van der Waals surface area contributed by atoms with E-state index in [2.05, 4.69) is 15.2 Å². The predicted molar refractivity (Wildman–Crippen MR) is 58.0 cm³/mol. The fourth-order valence-electron chi connectivity index (χ4n) is 2.68. The van der Waals surface area contributed by atoms with Crippen molar-refractivity contribution >= 4 is 5.91 Å². The lowest BCUT2D eigenvalue weighted by molar-refractivity contribution is -0.122. The van der Waals surface area contributed by atoms with E-state index in [1.54, 1.807) is 0 Å². The molecule has 0 radical (unpaired) electrons. The molecule has 2 fully saturated rings. The van der Waals surface area contributed by atoms with Crippen LogP contribution in [0.1, 0.15) is 19.3 Å². The molecule has 0 aromatic heterocycles. The van der Waals surface area contributed by atoms with Crippen LogP contribution in [0.25, 0.3) is 0 Å². The number of hydrogen-bond acceptors (Lipinski definition) is 4. The van der Waals surface area contributed by atoms with E-state index in [0.717, 1.165) is 19.5 Å². The van der Waals surface area contributed by atoms with E-state index in [9.17, 15) is 4.79 Å². The predicted octanol–water partition coefficient (Wildman–Crippen LogP) is -0.854. The molecule has 0 aromatic rings. The van der Waals surface area contributed by atoms with Crippen LogP contribution >= 0.6 is 0 Å². The van der Waals surface area contributed by atoms with Gasteiger partial charge in [0.15, 0.2) is 0 Å². The van der Waals surface area contributed by atoms with Gasteiger partial charge in [0.1, 0.15) is 0 Å². The van der Waals surface area contributed by atoms with Crippen LogP contribution in [0.15, 0.2) is 0 Å². The third-order valence-electron chi connectivity index (χ3n) is 3.42. The van der Waals surface area contributed by atoms with Crippen LogP contribution in [-0.2, 0) is 4.79 Å². The molecule has 3 N–H and O–H groups in total. The average molecular weight is 212 g/mol. The van der Waals surface area contributed by atoms with Gasteiger partial charge in [-0.1, -0.05) is 0 Å². The van der Waals surface area contributed by atoms with Gasteiger partial charge in [0, 0.05) is 12.6 Å². The van der Waals surface area contributed by atoms with Gasteiger partial charge in [0.2, 0.25) is 5.91 Å². The molecule has 86 valence electrons. The molecule has 0 spiro atoms. The summed E-state index contributed by atoms with van der Waals surface area (Å²) in [5.41, 5.74) is 2.20. The van der Waals surface area contributed by atoms with Crippen LogP contribution in [0.3, 0.4) is 0 Å². The Morgan fingerprint density at radius 2 is 2.13 bits per heavy atom. The summed E-state index contributed by atoms with van der Waals surface area (Å²) in [5.74, 6) is 5.02. The number of carbonyl (C=O) groups is 1. The molecule has 5 nitrogen and oxygen atoms in total. The molecule has 2 rings (SSSR count). The molecule has 0 aliphatic carbocycles. The highest BCUT2D eigenvalue weighted by atomic mass is 16.2. The van der Waals surface area contributed by atoms with Crippen molar-refractivity contribution in [1.29, 1.82) is 0 Å². The Hall–Kier alpha value is -0.650. The smallest absolute Gasteiger partial charge is 0.248 e. The minimum Gasteiger partial charge on any atom is -0.299 e. The van der Waals surface area contributed by atoms with Crippen molar-refractivity contribution in [3.05, 3.63) is 0 Å². The molecule has 0 saturated carbocycles. The van der Waals surface area contributed by atoms with Crippen LogP contribution in [0.5, 0.6) is 0 Å². The second kappa shape index (κ2) is 4.92. The third-order valence-corrected chi connectivity index (χ3v) is 3.42. The number of amides is 1. The molecule has 5 heteroatoms. The summed E-state index contributed by atoms with van der Waals surface area (Å²) >= 11 is 0. The first-order valence-electron chi connectivity index (χ1n) is 5.75. The van der Waals surface area contributed by atoms with Gasteiger partial charge in [-0.3, -0.25) is 20.0 Å². The molecule has 2 heterocycles. The zero-order valence-corrected chi connectivity index (χ0v) is 9.11. The highest BCUT2D eigenvalue weighted by Gasteiger charge is 2.28. The Morgan fingerprint density at radius 1 is 1.33 bits per heavy atom. The number of hydrogen-bond donors (Lipinski definition) is 2. The Bertz CT molecular complexity index is 233. The van der Waals surface area contributed by atoms with Crippen LogP contribution in [0, 0.1) is 0 Å². The quantitative estimate of drug-likeness (QED) is 0.355. The molecule has 2 aliphatic heterocycles. The standard InChI is InChI=1S/C10H20N4O/c11-12-10(15)8-13-4-2-6-14-5-1-3-9(14)7-13/h9H,1-8,11H2,(H,12,15). The first kappa shape index (κ1) is 10.9. The largest absolute Gasteiger partial charge is 0.299 e. The number of hydrazine groups is 1. The van der Waals surface area contributed by atoms with Gasteiger partial charge in [0.05, 0.1) is 6.54 Å². The van der Waals surface area contributed by atoms with Crippen molar-refractivity contribution in [2.75, 3.05) is 32.7 Å². The van der Waals surface area contributed by atoms with Crippen LogP contribution < -0.4 is 11.3 Å². The van der Waals surface area contributed by atoms with Gasteiger partial charge in [0.25, 0.3) is 0 Å². The monoisotopic (exact) mass is 212 g/mol. The Balaban J connectivity index is 1.88. The van der Waals surface area contributed by atoms with Gasteiger partial charge in [-0.2, -0.15) is 0 Å². The van der Waals surface area contributed by atoms with Crippen LogP contribution in [-0.4, -0.2) is 54.5 Å². The van der Waals surface area contributed by atoms with E-state index in [1.165, 1.54) is 25.9 Å². The van der Waals surface area contributed by atoms with Gasteiger partial charge in [-0.15, -0.1) is 0 Å². The van der Waals surface area contributed by atoms with Crippen molar-refractivity contribution in [3.63, 3.8) is 0 Å². The average Bonchev–Trinajstić information content (AvgIpc) is 2.58. The van der Waals surface area contributed by atoms with Crippen molar-refractivity contribution in [1.82, 2.24) is 15.2 Å². The zero-order chi connectivity index (χ0) is 10.7. The maximum Gasteiger partial charge on any atom is 0.248 e. The molecule has 1 unspecified atom stereocenters. The van der Waals surface area contributed by atoms with E-state index in [1.807, 2.05) is 0 Å². The summed E-state index contributed by atoms with van der Waals surface area (Å²) in [5, 5.41) is 0. The number of nitrogens with zero attached hydrogens (tertiary/aromatic N) is 2. The number of fused-ring (bicyclic) bond motifs is 1. The summed E-state index contributed by atoms with van der Waals surface area (Å²) in [6.07, 6.45) is 3.75. The first-order valence-corrected chi connectivity index (χ1v) is 5.75. The SMILES string of the molecule is NNC(=O)CN1CCCN2CCCC2C1. The highest BCUT2D eigenvalue weighted by molar-refractivity contribution is 5.77. The first-order chi connectivity index (χ1) is 7.29. The minimum atomic E-state index is -0.0820. The second-order valence-corrected chi connectivity index (χ2v) is 4.49. The van der Waals surface area contributed by atoms with Crippen molar-refractivity contribution in [2.45, 2.75) is 25.3 Å². The van der Waals surface area contributed by atoms with E-state index < -0.39 is 0 Å². The topological polar surface area (TPSA) is 61.6 Å². The normalized spacial score (nSPS) is 28.5. The maximum absolute atomic E-state index is 11.2. The van der Waals surface area contributed by atoms with E-state index in [-0.39, 0.29) is 5.91 Å². The number of nitrogens with two attached hydrogens (primary N) is 1. The van der Waals surface area contributed by atoms with E-state index >= 15 is 0 Å². The van der Waals surface area contributed by atoms with E-state index in [0.29, 0.717) is 12.6 Å². The fraction of sp³-hybridized carbons (Fsp3) is 0.900. The number of nitrogens with one attached hydrogen (secondary N) is 1. The van der Waals surface area contributed by atoms with Crippen molar-refractivity contribution in [2.24, 2.45) is 5.84 Å². The number of rotatable bonds is 2. The lowest BCUT2D eigenvalue weighted by Gasteiger charge is -2.24. The molecular formula is C10H20N4O. The number of carbonyl (C=O) groups excluding carboxylic acids is 1. The molecule has 2 aliphatic rings. The maximum atomic E-state index is 11.2. The fourth-order valence-corrected chi connectivity index (χ4v) is 2.68.